The number of likely N-dealkylation sites (tertiary alicyclic amines) is 1. The first-order valence-corrected chi connectivity index (χ1v) is 10.4. The quantitative estimate of drug-likeness (QED) is 0.688. The molecule has 2 aromatic carbocycles. The molecule has 5 rings (SSSR count). The summed E-state index contributed by atoms with van der Waals surface area (Å²) in [6.07, 6.45) is 3.17. The maximum atomic E-state index is 13.4. The van der Waals surface area contributed by atoms with Gasteiger partial charge in [0, 0.05) is 55.5 Å². The van der Waals surface area contributed by atoms with Crippen LogP contribution in [0.25, 0.3) is 16.9 Å². The van der Waals surface area contributed by atoms with Crippen molar-refractivity contribution in [2.75, 3.05) is 19.6 Å². The van der Waals surface area contributed by atoms with E-state index in [2.05, 4.69) is 15.8 Å². The highest BCUT2D eigenvalue weighted by Gasteiger charge is 2.33. The van der Waals surface area contributed by atoms with E-state index in [-0.39, 0.29) is 5.82 Å². The molecule has 0 aliphatic carbocycles. The van der Waals surface area contributed by atoms with Crippen LogP contribution in [0.2, 0.25) is 5.02 Å². The van der Waals surface area contributed by atoms with Gasteiger partial charge >= 0.3 is 0 Å². The molecular formula is C22H23ClFN5. The molecular weight excluding hydrogens is 389 g/mol. The Hall–Kier alpha value is -2.25. The Balaban J connectivity index is 1.49. The minimum atomic E-state index is -0.255. The van der Waals surface area contributed by atoms with Crippen molar-refractivity contribution in [3.8, 4) is 16.9 Å². The number of hydrazine groups is 1. The first kappa shape index (κ1) is 18.8. The molecule has 2 fully saturated rings. The summed E-state index contributed by atoms with van der Waals surface area (Å²) in [5, 5.41) is 5.51. The van der Waals surface area contributed by atoms with Crippen LogP contribution in [-0.2, 0) is 6.54 Å². The smallest absolute Gasteiger partial charge is 0.123 e. The molecule has 2 saturated heterocycles. The van der Waals surface area contributed by atoms with E-state index < -0.39 is 0 Å². The summed E-state index contributed by atoms with van der Waals surface area (Å²) < 4.78 is 15.2. The number of aromatic nitrogens is 2. The monoisotopic (exact) mass is 411 g/mol. The van der Waals surface area contributed by atoms with Crippen molar-refractivity contribution in [1.29, 1.82) is 0 Å². The molecule has 3 heterocycles. The molecule has 2 atom stereocenters. The molecule has 0 radical (unpaired) electrons. The van der Waals surface area contributed by atoms with E-state index in [9.17, 15) is 4.39 Å². The SMILES string of the molecule is Fc1ccc(-n2cc(CN3CCC4NNCC4C3)c(-c3ccccc3Cl)n2)cc1. The third-order valence-corrected chi connectivity index (χ3v) is 6.20. The van der Waals surface area contributed by atoms with Crippen molar-refractivity contribution < 1.29 is 4.39 Å². The van der Waals surface area contributed by atoms with Crippen LogP contribution in [0.3, 0.4) is 0 Å². The topological polar surface area (TPSA) is 45.1 Å². The fraction of sp³-hybridized carbons (Fsp3) is 0.318. The van der Waals surface area contributed by atoms with Crippen LogP contribution >= 0.6 is 11.6 Å². The Bertz CT molecular complexity index is 1000. The van der Waals surface area contributed by atoms with Crippen molar-refractivity contribution in [3.63, 3.8) is 0 Å². The minimum Gasteiger partial charge on any atom is -0.298 e. The zero-order chi connectivity index (χ0) is 19.8. The molecule has 2 N–H and O–H groups in total. The summed E-state index contributed by atoms with van der Waals surface area (Å²) in [5.41, 5.74) is 10.4. The van der Waals surface area contributed by atoms with Crippen molar-refractivity contribution in [2.45, 2.75) is 19.0 Å². The van der Waals surface area contributed by atoms with Crippen LogP contribution in [0.5, 0.6) is 0 Å². The van der Waals surface area contributed by atoms with Gasteiger partial charge in [0.25, 0.3) is 0 Å². The number of hydrogen-bond acceptors (Lipinski definition) is 4. The summed E-state index contributed by atoms with van der Waals surface area (Å²) >= 11 is 6.49. The largest absolute Gasteiger partial charge is 0.298 e. The van der Waals surface area contributed by atoms with Gasteiger partial charge in [0.15, 0.2) is 0 Å². The van der Waals surface area contributed by atoms with Gasteiger partial charge in [-0.25, -0.2) is 9.07 Å². The molecule has 150 valence electrons. The van der Waals surface area contributed by atoms with Crippen LogP contribution in [-0.4, -0.2) is 40.4 Å². The molecule has 7 heteroatoms. The summed E-state index contributed by atoms with van der Waals surface area (Å²) in [7, 11) is 0. The van der Waals surface area contributed by atoms with E-state index in [1.165, 1.54) is 12.1 Å². The zero-order valence-corrected chi connectivity index (χ0v) is 16.7. The maximum Gasteiger partial charge on any atom is 0.123 e. The predicted molar refractivity (Wildman–Crippen MR) is 112 cm³/mol. The number of fused-ring (bicyclic) bond motifs is 1. The van der Waals surface area contributed by atoms with Gasteiger partial charge in [-0.1, -0.05) is 29.8 Å². The van der Waals surface area contributed by atoms with Crippen LogP contribution in [0.1, 0.15) is 12.0 Å². The average Bonchev–Trinajstić information content (AvgIpc) is 3.36. The third kappa shape index (κ3) is 3.81. The van der Waals surface area contributed by atoms with E-state index in [4.69, 9.17) is 16.7 Å². The summed E-state index contributed by atoms with van der Waals surface area (Å²) in [6.45, 7) is 3.91. The molecule has 3 aromatic rings. The Kier molecular flexibility index (Phi) is 5.09. The van der Waals surface area contributed by atoms with Crippen LogP contribution in [0.4, 0.5) is 4.39 Å². The Morgan fingerprint density at radius 1 is 1.14 bits per heavy atom. The number of nitrogens with zero attached hydrogens (tertiary/aromatic N) is 3. The van der Waals surface area contributed by atoms with Gasteiger partial charge in [0.2, 0.25) is 0 Å². The number of piperidine rings is 1. The number of benzene rings is 2. The molecule has 2 aliphatic heterocycles. The van der Waals surface area contributed by atoms with E-state index in [1.807, 2.05) is 35.1 Å². The highest BCUT2D eigenvalue weighted by molar-refractivity contribution is 6.33. The standard InChI is InChI=1S/C22H23ClFN5/c23-20-4-2-1-3-19(20)22-16(13-28-10-9-21-15(12-28)11-25-26-21)14-29(27-22)18-7-5-17(24)6-8-18/h1-8,14-15,21,25-26H,9-13H2. The van der Waals surface area contributed by atoms with Crippen LogP contribution in [0.15, 0.2) is 54.7 Å². The molecule has 0 bridgehead atoms. The fourth-order valence-electron chi connectivity index (χ4n) is 4.34. The molecule has 0 spiro atoms. The molecule has 0 saturated carbocycles. The molecule has 2 unspecified atom stereocenters. The number of halogens is 2. The van der Waals surface area contributed by atoms with Crippen molar-refractivity contribution >= 4 is 11.6 Å². The van der Waals surface area contributed by atoms with E-state index >= 15 is 0 Å². The summed E-state index contributed by atoms with van der Waals surface area (Å²) in [6, 6.07) is 14.7. The summed E-state index contributed by atoms with van der Waals surface area (Å²) in [4.78, 5) is 2.49. The van der Waals surface area contributed by atoms with Gasteiger partial charge in [0.05, 0.1) is 16.4 Å². The van der Waals surface area contributed by atoms with Crippen molar-refractivity contribution in [3.05, 3.63) is 71.1 Å². The number of hydrogen-bond donors (Lipinski definition) is 2. The summed E-state index contributed by atoms with van der Waals surface area (Å²) in [5.74, 6) is 0.369. The second-order valence-electron chi connectivity index (χ2n) is 7.82. The molecule has 5 nitrogen and oxygen atoms in total. The molecule has 2 aliphatic rings. The number of rotatable bonds is 4. The van der Waals surface area contributed by atoms with Gasteiger partial charge in [-0.15, -0.1) is 0 Å². The zero-order valence-electron chi connectivity index (χ0n) is 16.0. The molecule has 0 amide bonds. The Morgan fingerprint density at radius 3 is 2.79 bits per heavy atom. The van der Waals surface area contributed by atoms with Gasteiger partial charge in [-0.2, -0.15) is 5.10 Å². The normalized spacial score (nSPS) is 22.0. The van der Waals surface area contributed by atoms with Crippen LogP contribution < -0.4 is 10.9 Å². The Labute approximate surface area is 174 Å². The van der Waals surface area contributed by atoms with E-state index in [0.29, 0.717) is 17.0 Å². The van der Waals surface area contributed by atoms with Gasteiger partial charge in [0.1, 0.15) is 5.82 Å². The molecule has 1 aromatic heterocycles. The first-order chi connectivity index (χ1) is 14.2. The van der Waals surface area contributed by atoms with Crippen molar-refractivity contribution in [1.82, 2.24) is 25.5 Å². The average molecular weight is 412 g/mol. The second kappa shape index (κ2) is 7.88. The maximum absolute atomic E-state index is 13.4. The van der Waals surface area contributed by atoms with E-state index in [0.717, 1.165) is 55.1 Å². The minimum absolute atomic E-state index is 0.255. The lowest BCUT2D eigenvalue weighted by atomic mass is 9.94. The fourth-order valence-corrected chi connectivity index (χ4v) is 4.57. The second-order valence-corrected chi connectivity index (χ2v) is 8.23. The lowest BCUT2D eigenvalue weighted by Gasteiger charge is -2.34. The van der Waals surface area contributed by atoms with E-state index in [1.54, 1.807) is 12.1 Å². The highest BCUT2D eigenvalue weighted by atomic mass is 35.5. The first-order valence-electron chi connectivity index (χ1n) is 9.97. The molecule has 29 heavy (non-hydrogen) atoms. The number of nitrogens with one attached hydrogen (secondary N) is 2. The van der Waals surface area contributed by atoms with Crippen molar-refractivity contribution in [2.24, 2.45) is 5.92 Å². The predicted octanol–water partition coefficient (Wildman–Crippen LogP) is 3.63. The lowest BCUT2D eigenvalue weighted by molar-refractivity contribution is 0.161. The lowest BCUT2D eigenvalue weighted by Crippen LogP contribution is -2.44. The third-order valence-electron chi connectivity index (χ3n) is 5.87. The Morgan fingerprint density at radius 2 is 1.97 bits per heavy atom. The van der Waals surface area contributed by atoms with Crippen LogP contribution in [0, 0.1) is 11.7 Å². The van der Waals surface area contributed by atoms with Gasteiger partial charge in [-0.3, -0.25) is 15.8 Å². The highest BCUT2D eigenvalue weighted by Crippen LogP contribution is 2.31. The van der Waals surface area contributed by atoms with Gasteiger partial charge in [-0.05, 0) is 36.8 Å². The van der Waals surface area contributed by atoms with Gasteiger partial charge < -0.3 is 0 Å².